The Morgan fingerprint density at radius 1 is 0.581 bits per heavy atom. The zero-order valence-electron chi connectivity index (χ0n) is 17.9. The van der Waals surface area contributed by atoms with Crippen LogP contribution in [0.4, 0.5) is 0 Å². The lowest BCUT2D eigenvalue weighted by Gasteiger charge is -2.18. The zero-order valence-corrected chi connectivity index (χ0v) is 17.9. The Labute approximate surface area is 186 Å². The molecule has 1 heteroatoms. The van der Waals surface area contributed by atoms with Gasteiger partial charge in [-0.1, -0.05) is 133 Å². The molecule has 0 aliphatic carbocycles. The van der Waals surface area contributed by atoms with Crippen molar-refractivity contribution in [3.05, 3.63) is 156 Å². The predicted octanol–water partition coefficient (Wildman–Crippen LogP) is 7.74. The summed E-state index contributed by atoms with van der Waals surface area (Å²) in [6, 6.07) is 43.1. The summed E-state index contributed by atoms with van der Waals surface area (Å²) in [6.07, 6.45) is 0. The van der Waals surface area contributed by atoms with Crippen molar-refractivity contribution < 1.29 is 0 Å². The molecule has 0 aromatic heterocycles. The molecule has 0 aliphatic heterocycles. The third-order valence-electron chi connectivity index (χ3n) is 5.15. The molecule has 0 N–H and O–H groups in total. The van der Waals surface area contributed by atoms with Crippen LogP contribution in [0.5, 0.6) is 0 Å². The van der Waals surface area contributed by atoms with Gasteiger partial charge in [-0.05, 0) is 29.2 Å². The molecule has 1 nitrogen and oxygen atoms in total. The lowest BCUT2D eigenvalue weighted by atomic mass is 9.86. The van der Waals surface area contributed by atoms with Crippen molar-refractivity contribution in [2.24, 2.45) is 0 Å². The van der Waals surface area contributed by atoms with Crippen molar-refractivity contribution >= 4 is 0 Å². The Bertz CT molecular complexity index is 1020. The summed E-state index contributed by atoms with van der Waals surface area (Å²) in [4.78, 5) is 0. The van der Waals surface area contributed by atoms with Crippen LogP contribution in [0, 0.1) is 11.3 Å². The van der Waals surface area contributed by atoms with E-state index in [4.69, 9.17) is 0 Å². The average molecular weight is 402 g/mol. The van der Waals surface area contributed by atoms with Crippen LogP contribution in [0.1, 0.15) is 41.0 Å². The molecule has 4 aromatic carbocycles. The topological polar surface area (TPSA) is 23.8 Å². The number of benzene rings is 4. The third-order valence-corrected chi connectivity index (χ3v) is 5.15. The van der Waals surface area contributed by atoms with Gasteiger partial charge in [-0.3, -0.25) is 0 Å². The van der Waals surface area contributed by atoms with Gasteiger partial charge in [-0.2, -0.15) is 5.26 Å². The molecule has 0 bridgehead atoms. The Morgan fingerprint density at radius 3 is 1.13 bits per heavy atom. The van der Waals surface area contributed by atoms with Crippen LogP contribution in [0.25, 0.3) is 0 Å². The van der Waals surface area contributed by atoms with Gasteiger partial charge in [0.2, 0.25) is 0 Å². The van der Waals surface area contributed by atoms with Crippen LogP contribution in [0.3, 0.4) is 0 Å². The van der Waals surface area contributed by atoms with Gasteiger partial charge in [-0.25, -0.2) is 0 Å². The Morgan fingerprint density at radius 2 is 0.871 bits per heavy atom. The van der Waals surface area contributed by atoms with Gasteiger partial charge >= 0.3 is 0 Å². The summed E-state index contributed by atoms with van der Waals surface area (Å²) in [6.45, 7) is 6.20. The van der Waals surface area contributed by atoms with Crippen LogP contribution in [0.2, 0.25) is 0 Å². The van der Waals surface area contributed by atoms with E-state index >= 15 is 0 Å². The van der Waals surface area contributed by atoms with Crippen molar-refractivity contribution in [2.45, 2.75) is 18.8 Å². The SMILES string of the molecule is C=C(C)C(c1ccccc1)c1ccccc1.N#CC(c1ccccc1)c1ccccc1. The molecule has 4 rings (SSSR count). The van der Waals surface area contributed by atoms with Crippen LogP contribution in [0.15, 0.2) is 133 Å². The van der Waals surface area contributed by atoms with E-state index < -0.39 is 0 Å². The fourth-order valence-corrected chi connectivity index (χ4v) is 3.68. The molecule has 0 atom stereocenters. The molecular weight excluding hydrogens is 374 g/mol. The number of nitrogens with zero attached hydrogens (tertiary/aromatic N) is 1. The number of rotatable bonds is 5. The first kappa shape index (κ1) is 21.8. The summed E-state index contributed by atoms with van der Waals surface area (Å²) in [5.74, 6) is 0.148. The average Bonchev–Trinajstić information content (AvgIpc) is 2.83. The van der Waals surface area contributed by atoms with Crippen LogP contribution < -0.4 is 0 Å². The fraction of sp³-hybridized carbons (Fsp3) is 0.100. The van der Waals surface area contributed by atoms with Gasteiger partial charge in [0.1, 0.15) is 0 Å². The Hall–Kier alpha value is -3.89. The standard InChI is InChI=1S/C16H16.C14H11N/c1-13(2)16(14-9-5-3-6-10-14)15-11-7-4-8-12-15;15-11-14(12-7-3-1-4-8-12)13-9-5-2-6-10-13/h3-12,16H,1H2,2H3;1-10,14H. The summed E-state index contributed by atoms with van der Waals surface area (Å²) < 4.78 is 0. The third kappa shape index (κ3) is 6.04. The van der Waals surface area contributed by atoms with E-state index in [-0.39, 0.29) is 5.92 Å². The molecule has 0 spiro atoms. The highest BCUT2D eigenvalue weighted by Gasteiger charge is 2.13. The van der Waals surface area contributed by atoms with Crippen molar-refractivity contribution in [1.82, 2.24) is 0 Å². The summed E-state index contributed by atoms with van der Waals surface area (Å²) in [7, 11) is 0. The highest BCUT2D eigenvalue weighted by atomic mass is 14.3. The predicted molar refractivity (Wildman–Crippen MR) is 130 cm³/mol. The van der Waals surface area contributed by atoms with Crippen LogP contribution >= 0.6 is 0 Å². The minimum absolute atomic E-state index is 0.160. The van der Waals surface area contributed by atoms with Gasteiger partial charge < -0.3 is 0 Å². The molecule has 0 heterocycles. The monoisotopic (exact) mass is 401 g/mol. The molecule has 31 heavy (non-hydrogen) atoms. The van der Waals surface area contributed by atoms with Crippen LogP contribution in [-0.2, 0) is 0 Å². The number of nitriles is 1. The van der Waals surface area contributed by atoms with Gasteiger partial charge in [0.15, 0.2) is 0 Å². The second kappa shape index (κ2) is 11.3. The zero-order chi connectivity index (χ0) is 21.9. The van der Waals surface area contributed by atoms with Crippen molar-refractivity contribution in [2.75, 3.05) is 0 Å². The van der Waals surface area contributed by atoms with E-state index in [0.717, 1.165) is 11.1 Å². The summed E-state index contributed by atoms with van der Waals surface area (Å²) in [5.41, 5.74) is 5.89. The summed E-state index contributed by atoms with van der Waals surface area (Å²) in [5, 5.41) is 9.18. The van der Waals surface area contributed by atoms with Gasteiger partial charge in [0.25, 0.3) is 0 Å². The van der Waals surface area contributed by atoms with E-state index in [1.165, 1.54) is 16.7 Å². The molecule has 0 fully saturated rings. The highest BCUT2D eigenvalue weighted by molar-refractivity contribution is 5.39. The molecular formula is C30H27N. The van der Waals surface area contributed by atoms with Gasteiger partial charge in [0, 0.05) is 5.92 Å². The van der Waals surface area contributed by atoms with E-state index in [2.05, 4.69) is 68.1 Å². The normalized spacial score (nSPS) is 10.1. The first-order valence-corrected chi connectivity index (χ1v) is 10.5. The minimum atomic E-state index is -0.160. The van der Waals surface area contributed by atoms with Crippen molar-refractivity contribution in [3.8, 4) is 6.07 Å². The second-order valence-electron chi connectivity index (χ2n) is 7.48. The minimum Gasteiger partial charge on any atom is -0.197 e. The van der Waals surface area contributed by atoms with E-state index in [1.807, 2.05) is 72.8 Å². The highest BCUT2D eigenvalue weighted by Crippen LogP contribution is 2.30. The molecule has 0 saturated heterocycles. The van der Waals surface area contributed by atoms with E-state index in [1.54, 1.807) is 0 Å². The molecule has 0 aliphatic rings. The maximum absolute atomic E-state index is 9.18. The maximum atomic E-state index is 9.18. The van der Waals surface area contributed by atoms with Gasteiger partial charge in [0.05, 0.1) is 12.0 Å². The smallest absolute Gasteiger partial charge is 0.0962 e. The van der Waals surface area contributed by atoms with Crippen molar-refractivity contribution in [1.29, 1.82) is 5.26 Å². The molecule has 0 amide bonds. The quantitative estimate of drug-likeness (QED) is 0.314. The number of allylic oxidation sites excluding steroid dienone is 1. The Balaban J connectivity index is 0.000000176. The lowest BCUT2D eigenvalue weighted by molar-refractivity contribution is 0.952. The second-order valence-corrected chi connectivity index (χ2v) is 7.48. The largest absolute Gasteiger partial charge is 0.197 e. The first-order valence-electron chi connectivity index (χ1n) is 10.5. The molecule has 152 valence electrons. The molecule has 0 radical (unpaired) electrons. The van der Waals surface area contributed by atoms with Gasteiger partial charge in [-0.15, -0.1) is 0 Å². The molecule has 0 unspecified atom stereocenters. The fourth-order valence-electron chi connectivity index (χ4n) is 3.68. The lowest BCUT2D eigenvalue weighted by Crippen LogP contribution is -2.01. The van der Waals surface area contributed by atoms with Crippen LogP contribution in [-0.4, -0.2) is 0 Å². The van der Waals surface area contributed by atoms with E-state index in [9.17, 15) is 5.26 Å². The Kier molecular flexibility index (Phi) is 7.97. The maximum Gasteiger partial charge on any atom is 0.0962 e. The van der Waals surface area contributed by atoms with Crippen molar-refractivity contribution in [3.63, 3.8) is 0 Å². The number of hydrogen-bond donors (Lipinski definition) is 0. The first-order chi connectivity index (χ1) is 15.2. The molecule has 0 saturated carbocycles. The van der Waals surface area contributed by atoms with E-state index in [0.29, 0.717) is 5.92 Å². The molecule has 4 aromatic rings. The summed E-state index contributed by atoms with van der Waals surface area (Å²) >= 11 is 0. The number of hydrogen-bond acceptors (Lipinski definition) is 1.